The fourth-order valence-corrected chi connectivity index (χ4v) is 4.15. The molecule has 0 fully saturated rings. The normalized spacial score (nSPS) is 16.1. The van der Waals surface area contributed by atoms with Gasteiger partial charge in [-0.1, -0.05) is 12.1 Å². The molecule has 1 unspecified atom stereocenters. The predicted octanol–water partition coefficient (Wildman–Crippen LogP) is 4.65. The molecule has 2 aromatic carbocycles. The number of nitrogens with zero attached hydrogens (tertiary/aromatic N) is 1. The quantitative estimate of drug-likeness (QED) is 0.395. The van der Waals surface area contributed by atoms with Crippen LogP contribution < -0.4 is 0 Å². The lowest BCUT2D eigenvalue weighted by molar-refractivity contribution is -0.384. The van der Waals surface area contributed by atoms with E-state index >= 15 is 0 Å². The predicted molar refractivity (Wildman–Crippen MR) is 91.4 cm³/mol. The summed E-state index contributed by atoms with van der Waals surface area (Å²) in [5.74, 6) is -0.453. The molecule has 1 atom stereocenters. The van der Waals surface area contributed by atoms with Gasteiger partial charge in [0.25, 0.3) is 5.69 Å². The van der Waals surface area contributed by atoms with Crippen molar-refractivity contribution < 1.29 is 14.5 Å². The van der Waals surface area contributed by atoms with Crippen molar-refractivity contribution in [3.05, 3.63) is 74.6 Å². The first-order valence-electron chi connectivity index (χ1n) is 7.58. The number of nitro groups is 1. The van der Waals surface area contributed by atoms with Crippen LogP contribution in [0.5, 0.6) is 0 Å². The third-order valence-corrected chi connectivity index (χ3v) is 5.29. The van der Waals surface area contributed by atoms with E-state index in [1.165, 1.54) is 39.9 Å². The smallest absolute Gasteiger partial charge is 0.338 e. The monoisotopic (exact) mass is 339 g/mol. The summed E-state index contributed by atoms with van der Waals surface area (Å²) in [5, 5.41) is 14.1. The first-order valence-corrected chi connectivity index (χ1v) is 8.46. The minimum absolute atomic E-state index is 0.0445. The van der Waals surface area contributed by atoms with Crippen molar-refractivity contribution in [1.82, 2.24) is 0 Å². The van der Waals surface area contributed by atoms with E-state index in [1.807, 2.05) is 12.1 Å². The Labute approximate surface area is 141 Å². The molecular weight excluding hydrogens is 326 g/mol. The number of carbonyl (C=O) groups is 1. The van der Waals surface area contributed by atoms with Crippen LogP contribution >= 0.6 is 11.3 Å². The molecule has 1 aliphatic carbocycles. The molecule has 1 heterocycles. The number of carbonyl (C=O) groups excluding carboxylic acids is 1. The summed E-state index contributed by atoms with van der Waals surface area (Å²) < 4.78 is 6.90. The number of esters is 1. The molecule has 24 heavy (non-hydrogen) atoms. The van der Waals surface area contributed by atoms with Gasteiger partial charge in [-0.15, -0.1) is 11.3 Å². The van der Waals surface area contributed by atoms with Gasteiger partial charge in [0.05, 0.1) is 10.5 Å². The van der Waals surface area contributed by atoms with Crippen molar-refractivity contribution in [2.24, 2.45) is 0 Å². The summed E-state index contributed by atoms with van der Waals surface area (Å²) in [4.78, 5) is 22.6. The Morgan fingerprint density at radius 1 is 1.21 bits per heavy atom. The molecule has 1 aliphatic rings. The Morgan fingerprint density at radius 3 is 2.75 bits per heavy atom. The minimum Gasteiger partial charge on any atom is -0.454 e. The third-order valence-electron chi connectivity index (χ3n) is 4.29. The summed E-state index contributed by atoms with van der Waals surface area (Å²) in [7, 11) is 0. The summed E-state index contributed by atoms with van der Waals surface area (Å²) in [6.45, 7) is 0. The van der Waals surface area contributed by atoms with Crippen LogP contribution in [0.3, 0.4) is 0 Å². The maximum atomic E-state index is 12.4. The molecule has 1 aromatic heterocycles. The molecule has 0 amide bonds. The van der Waals surface area contributed by atoms with Crippen LogP contribution in [-0.2, 0) is 11.2 Å². The summed E-state index contributed by atoms with van der Waals surface area (Å²) >= 11 is 1.71. The SMILES string of the molecule is O=C(OC1CCc2csc3cccc1c23)c1ccc([N+](=O)[O-])cc1. The number of hydrogen-bond donors (Lipinski definition) is 0. The standard InChI is InChI=1S/C18H13NO4S/c20-18(11-4-7-13(8-5-11)19(21)22)23-15-9-6-12-10-24-16-3-1-2-14(15)17(12)16/h1-5,7-8,10,15H,6,9H2. The van der Waals surface area contributed by atoms with E-state index < -0.39 is 10.9 Å². The van der Waals surface area contributed by atoms with Crippen LogP contribution in [0.15, 0.2) is 47.8 Å². The van der Waals surface area contributed by atoms with Gasteiger partial charge in [-0.3, -0.25) is 10.1 Å². The Bertz CT molecular complexity index is 945. The maximum absolute atomic E-state index is 12.4. The van der Waals surface area contributed by atoms with Gasteiger partial charge >= 0.3 is 5.97 Å². The number of non-ortho nitro benzene ring substituents is 1. The van der Waals surface area contributed by atoms with Gasteiger partial charge in [0.1, 0.15) is 6.10 Å². The molecule has 0 radical (unpaired) electrons. The first-order chi connectivity index (χ1) is 11.6. The lowest BCUT2D eigenvalue weighted by Crippen LogP contribution is -2.15. The zero-order valence-electron chi connectivity index (χ0n) is 12.6. The van der Waals surface area contributed by atoms with E-state index in [0.29, 0.717) is 5.56 Å². The molecule has 0 bridgehead atoms. The summed E-state index contributed by atoms with van der Waals surface area (Å²) in [6.07, 6.45) is 1.36. The van der Waals surface area contributed by atoms with E-state index in [-0.39, 0.29) is 11.8 Å². The van der Waals surface area contributed by atoms with Crippen molar-refractivity contribution in [2.45, 2.75) is 18.9 Å². The maximum Gasteiger partial charge on any atom is 0.338 e. The number of nitro benzene ring substituents is 1. The number of ether oxygens (including phenoxy) is 1. The fourth-order valence-electron chi connectivity index (χ4n) is 3.12. The Balaban J connectivity index is 1.60. The van der Waals surface area contributed by atoms with Gasteiger partial charge in [0.2, 0.25) is 0 Å². The zero-order valence-corrected chi connectivity index (χ0v) is 13.4. The van der Waals surface area contributed by atoms with E-state index in [1.54, 1.807) is 11.3 Å². The topological polar surface area (TPSA) is 69.4 Å². The second-order valence-electron chi connectivity index (χ2n) is 5.72. The second kappa shape index (κ2) is 5.72. The molecule has 3 aromatic rings. The number of aryl methyl sites for hydroxylation is 1. The van der Waals surface area contributed by atoms with Crippen LogP contribution in [0.4, 0.5) is 5.69 Å². The molecule has 0 N–H and O–H groups in total. The second-order valence-corrected chi connectivity index (χ2v) is 6.63. The fraction of sp³-hybridized carbons (Fsp3) is 0.167. The Morgan fingerprint density at radius 2 is 2.00 bits per heavy atom. The largest absolute Gasteiger partial charge is 0.454 e. The van der Waals surface area contributed by atoms with Gasteiger partial charge in [-0.2, -0.15) is 0 Å². The highest BCUT2D eigenvalue weighted by Gasteiger charge is 2.26. The molecule has 0 saturated heterocycles. The van der Waals surface area contributed by atoms with Gasteiger partial charge in [-0.25, -0.2) is 4.79 Å². The average molecular weight is 339 g/mol. The van der Waals surface area contributed by atoms with Gasteiger partial charge in [0.15, 0.2) is 0 Å². The minimum atomic E-state index is -0.491. The van der Waals surface area contributed by atoms with Crippen molar-refractivity contribution >= 4 is 33.1 Å². The number of rotatable bonds is 3. The molecule has 0 spiro atoms. The van der Waals surface area contributed by atoms with Crippen molar-refractivity contribution in [1.29, 1.82) is 0 Å². The molecule has 120 valence electrons. The highest BCUT2D eigenvalue weighted by molar-refractivity contribution is 7.17. The van der Waals surface area contributed by atoms with E-state index in [4.69, 9.17) is 4.74 Å². The van der Waals surface area contributed by atoms with Crippen LogP contribution in [0.25, 0.3) is 10.1 Å². The van der Waals surface area contributed by atoms with E-state index in [2.05, 4.69) is 11.4 Å². The number of thiophene rings is 1. The van der Waals surface area contributed by atoms with Gasteiger partial charge < -0.3 is 4.74 Å². The lowest BCUT2D eigenvalue weighted by atomic mass is 9.90. The summed E-state index contributed by atoms with van der Waals surface area (Å²) in [6, 6.07) is 11.6. The summed E-state index contributed by atoms with van der Waals surface area (Å²) in [5.41, 5.74) is 2.64. The Kier molecular flexibility index (Phi) is 3.54. The zero-order chi connectivity index (χ0) is 16.7. The third kappa shape index (κ3) is 2.45. The molecule has 0 saturated carbocycles. The van der Waals surface area contributed by atoms with E-state index in [9.17, 15) is 14.9 Å². The van der Waals surface area contributed by atoms with Crippen molar-refractivity contribution in [2.75, 3.05) is 0 Å². The number of benzene rings is 2. The average Bonchev–Trinajstić information content (AvgIpc) is 3.02. The van der Waals surface area contributed by atoms with Crippen molar-refractivity contribution in [3.8, 4) is 0 Å². The molecule has 6 heteroatoms. The molecule has 0 aliphatic heterocycles. The van der Waals surface area contributed by atoms with Crippen LogP contribution in [-0.4, -0.2) is 10.9 Å². The first kappa shape index (κ1) is 14.8. The highest BCUT2D eigenvalue weighted by atomic mass is 32.1. The molecule has 5 nitrogen and oxygen atoms in total. The lowest BCUT2D eigenvalue weighted by Gasteiger charge is -2.23. The Hall–Kier alpha value is -2.73. The number of hydrogen-bond acceptors (Lipinski definition) is 5. The van der Waals surface area contributed by atoms with Crippen LogP contribution in [0, 0.1) is 10.1 Å². The van der Waals surface area contributed by atoms with Gasteiger partial charge in [0, 0.05) is 27.8 Å². The van der Waals surface area contributed by atoms with E-state index in [0.717, 1.165) is 18.4 Å². The van der Waals surface area contributed by atoms with Crippen LogP contribution in [0.2, 0.25) is 0 Å². The molecule has 4 rings (SSSR count). The van der Waals surface area contributed by atoms with Crippen molar-refractivity contribution in [3.63, 3.8) is 0 Å². The molecular formula is C18H13NO4S. The van der Waals surface area contributed by atoms with Gasteiger partial charge in [-0.05, 0) is 42.0 Å². The highest BCUT2D eigenvalue weighted by Crippen LogP contribution is 2.40. The van der Waals surface area contributed by atoms with Crippen LogP contribution in [0.1, 0.15) is 34.0 Å².